The zero-order valence-corrected chi connectivity index (χ0v) is 12.1. The van der Waals surface area contributed by atoms with Crippen LogP contribution >= 0.6 is 0 Å². The van der Waals surface area contributed by atoms with Gasteiger partial charge in [-0.2, -0.15) is 5.10 Å². The normalized spacial score (nSPS) is 10.6. The molecule has 0 aliphatic rings. The molecule has 0 heterocycles. The van der Waals surface area contributed by atoms with E-state index in [9.17, 15) is 9.90 Å². The number of carbonyl (C=O) groups excluding carboxylic acids is 1. The average Bonchev–Trinajstić information content (AvgIpc) is 2.51. The number of ether oxygens (including phenoxy) is 1. The van der Waals surface area contributed by atoms with Crippen molar-refractivity contribution in [2.24, 2.45) is 5.10 Å². The van der Waals surface area contributed by atoms with E-state index in [1.807, 2.05) is 6.92 Å². The van der Waals surface area contributed by atoms with Crippen LogP contribution < -0.4 is 15.9 Å². The maximum absolute atomic E-state index is 11.8. The summed E-state index contributed by atoms with van der Waals surface area (Å²) in [6, 6.07) is 11.3. The van der Waals surface area contributed by atoms with Gasteiger partial charge >= 0.3 is 0 Å². The predicted octanol–water partition coefficient (Wildman–Crippen LogP) is 2.14. The van der Waals surface area contributed by atoms with Crippen LogP contribution in [0.1, 0.15) is 22.8 Å². The highest BCUT2D eigenvalue weighted by Crippen LogP contribution is 2.26. The molecule has 0 saturated carbocycles. The van der Waals surface area contributed by atoms with Gasteiger partial charge in [-0.05, 0) is 55.0 Å². The van der Waals surface area contributed by atoms with Crippen molar-refractivity contribution in [3.8, 4) is 11.5 Å². The molecule has 0 spiro atoms. The van der Waals surface area contributed by atoms with Crippen molar-refractivity contribution < 1.29 is 14.6 Å². The first-order chi connectivity index (χ1) is 10.6. The minimum atomic E-state index is -0.333. The Morgan fingerprint density at radius 2 is 2.05 bits per heavy atom. The second-order valence-corrected chi connectivity index (χ2v) is 4.48. The molecule has 0 radical (unpaired) electrons. The second-order valence-electron chi connectivity index (χ2n) is 4.48. The molecule has 1 amide bonds. The number of aromatic hydroxyl groups is 1. The van der Waals surface area contributed by atoms with Crippen molar-refractivity contribution in [3.05, 3.63) is 53.6 Å². The van der Waals surface area contributed by atoms with Crippen molar-refractivity contribution in [2.75, 3.05) is 12.3 Å². The van der Waals surface area contributed by atoms with Gasteiger partial charge in [0, 0.05) is 11.3 Å². The van der Waals surface area contributed by atoms with Crippen molar-refractivity contribution in [3.63, 3.8) is 0 Å². The van der Waals surface area contributed by atoms with Crippen LogP contribution in [0.4, 0.5) is 5.69 Å². The summed E-state index contributed by atoms with van der Waals surface area (Å²) in [5, 5.41) is 13.5. The van der Waals surface area contributed by atoms with E-state index >= 15 is 0 Å². The Bertz CT molecular complexity index is 682. The monoisotopic (exact) mass is 299 g/mol. The number of amides is 1. The van der Waals surface area contributed by atoms with Gasteiger partial charge in [-0.15, -0.1) is 0 Å². The zero-order chi connectivity index (χ0) is 15.9. The van der Waals surface area contributed by atoms with Crippen molar-refractivity contribution in [1.29, 1.82) is 0 Å². The van der Waals surface area contributed by atoms with Crippen molar-refractivity contribution in [1.82, 2.24) is 5.43 Å². The lowest BCUT2D eigenvalue weighted by Crippen LogP contribution is -2.17. The van der Waals surface area contributed by atoms with Gasteiger partial charge in [0.05, 0.1) is 12.8 Å². The Balaban J connectivity index is 2.01. The molecule has 0 aromatic heterocycles. The number of nitrogens with two attached hydrogens (primary N) is 1. The number of hydrazone groups is 1. The van der Waals surface area contributed by atoms with Gasteiger partial charge in [-0.3, -0.25) is 4.79 Å². The predicted molar refractivity (Wildman–Crippen MR) is 85.2 cm³/mol. The number of phenolic OH excluding ortho intramolecular Hbond substituents is 1. The van der Waals surface area contributed by atoms with E-state index in [-0.39, 0.29) is 11.7 Å². The highest BCUT2D eigenvalue weighted by Gasteiger charge is 2.04. The molecule has 6 nitrogen and oxygen atoms in total. The largest absolute Gasteiger partial charge is 0.504 e. The van der Waals surface area contributed by atoms with Gasteiger partial charge < -0.3 is 15.6 Å². The van der Waals surface area contributed by atoms with Crippen molar-refractivity contribution >= 4 is 17.8 Å². The van der Waals surface area contributed by atoms with Crippen LogP contribution in [-0.2, 0) is 0 Å². The lowest BCUT2D eigenvalue weighted by Gasteiger charge is -2.06. The first kappa shape index (κ1) is 15.4. The lowest BCUT2D eigenvalue weighted by atomic mass is 10.2. The topological polar surface area (TPSA) is 96.9 Å². The summed E-state index contributed by atoms with van der Waals surface area (Å²) >= 11 is 0. The van der Waals surface area contributed by atoms with Gasteiger partial charge in [0.1, 0.15) is 0 Å². The SMILES string of the molecule is CCOc1cc(C=NNC(=O)c2ccc(N)cc2)ccc1O. The van der Waals surface area contributed by atoms with Crippen molar-refractivity contribution in [2.45, 2.75) is 6.92 Å². The standard InChI is InChI=1S/C16H17N3O3/c1-2-22-15-9-11(3-8-14(15)20)10-18-19-16(21)12-4-6-13(17)7-5-12/h3-10,20H,2,17H2,1H3,(H,19,21). The summed E-state index contributed by atoms with van der Waals surface area (Å²) < 4.78 is 5.27. The molecule has 2 aromatic carbocycles. The molecule has 0 unspecified atom stereocenters. The quantitative estimate of drug-likeness (QED) is 0.447. The number of anilines is 1. The first-order valence-electron chi connectivity index (χ1n) is 6.75. The fourth-order valence-electron chi connectivity index (χ4n) is 1.75. The Morgan fingerprint density at radius 3 is 2.73 bits per heavy atom. The van der Waals surface area contributed by atoms with Gasteiger partial charge in [0.15, 0.2) is 11.5 Å². The molecule has 4 N–H and O–H groups in total. The van der Waals surface area contributed by atoms with Crippen LogP contribution in [0.3, 0.4) is 0 Å². The average molecular weight is 299 g/mol. The van der Waals surface area contributed by atoms with Crippen LogP contribution in [0, 0.1) is 0 Å². The molecule has 0 aliphatic heterocycles. The second kappa shape index (κ2) is 7.12. The summed E-state index contributed by atoms with van der Waals surface area (Å²) in [6.07, 6.45) is 1.47. The molecule has 0 fully saturated rings. The fraction of sp³-hybridized carbons (Fsp3) is 0.125. The number of phenols is 1. The summed E-state index contributed by atoms with van der Waals surface area (Å²) in [5.74, 6) is 0.0984. The maximum atomic E-state index is 11.8. The lowest BCUT2D eigenvalue weighted by molar-refractivity contribution is 0.0955. The van der Waals surface area contributed by atoms with Crippen LogP contribution in [0.15, 0.2) is 47.6 Å². The van der Waals surface area contributed by atoms with E-state index in [1.54, 1.807) is 36.4 Å². The molecule has 2 aromatic rings. The van der Waals surface area contributed by atoms with Gasteiger partial charge in [0.2, 0.25) is 0 Å². The fourth-order valence-corrected chi connectivity index (χ4v) is 1.75. The molecular weight excluding hydrogens is 282 g/mol. The third kappa shape index (κ3) is 3.99. The summed E-state index contributed by atoms with van der Waals surface area (Å²) in [6.45, 7) is 2.27. The van der Waals surface area contributed by atoms with Gasteiger partial charge in [-0.25, -0.2) is 5.43 Å². The van der Waals surface area contributed by atoms with Crippen LogP contribution in [-0.4, -0.2) is 23.8 Å². The maximum Gasteiger partial charge on any atom is 0.271 e. The highest BCUT2D eigenvalue weighted by molar-refractivity contribution is 5.95. The Labute approximate surface area is 128 Å². The Kier molecular flexibility index (Phi) is 4.98. The smallest absolute Gasteiger partial charge is 0.271 e. The number of rotatable bonds is 5. The minimum absolute atomic E-state index is 0.0601. The number of carbonyl (C=O) groups is 1. The van der Waals surface area contributed by atoms with E-state index in [2.05, 4.69) is 10.5 Å². The van der Waals surface area contributed by atoms with Crippen LogP contribution in [0.2, 0.25) is 0 Å². The van der Waals surface area contributed by atoms with Gasteiger partial charge in [0.25, 0.3) is 5.91 Å². The molecular formula is C16H17N3O3. The summed E-state index contributed by atoms with van der Waals surface area (Å²) in [7, 11) is 0. The summed E-state index contributed by atoms with van der Waals surface area (Å²) in [4.78, 5) is 11.8. The minimum Gasteiger partial charge on any atom is -0.504 e. The number of hydrogen-bond acceptors (Lipinski definition) is 5. The molecule has 0 aliphatic carbocycles. The first-order valence-corrected chi connectivity index (χ1v) is 6.75. The molecule has 22 heavy (non-hydrogen) atoms. The Morgan fingerprint density at radius 1 is 1.32 bits per heavy atom. The summed E-state index contributed by atoms with van der Waals surface area (Å²) in [5.41, 5.74) is 9.73. The number of hydrogen-bond donors (Lipinski definition) is 3. The molecule has 0 saturated heterocycles. The van der Waals surface area contributed by atoms with E-state index < -0.39 is 0 Å². The number of nitrogen functional groups attached to an aromatic ring is 1. The highest BCUT2D eigenvalue weighted by atomic mass is 16.5. The molecule has 0 bridgehead atoms. The number of nitrogens with one attached hydrogen (secondary N) is 1. The third-order valence-electron chi connectivity index (χ3n) is 2.84. The van der Waals surface area contributed by atoms with Crippen LogP contribution in [0.5, 0.6) is 11.5 Å². The molecule has 6 heteroatoms. The number of nitrogens with zero attached hydrogens (tertiary/aromatic N) is 1. The van der Waals surface area contributed by atoms with E-state index in [4.69, 9.17) is 10.5 Å². The number of benzene rings is 2. The zero-order valence-electron chi connectivity index (χ0n) is 12.1. The van der Waals surface area contributed by atoms with E-state index in [0.717, 1.165) is 0 Å². The molecule has 0 atom stereocenters. The van der Waals surface area contributed by atoms with E-state index in [1.165, 1.54) is 12.3 Å². The Hall–Kier alpha value is -3.02. The molecule has 2 rings (SSSR count). The van der Waals surface area contributed by atoms with E-state index in [0.29, 0.717) is 29.2 Å². The van der Waals surface area contributed by atoms with Gasteiger partial charge in [-0.1, -0.05) is 0 Å². The van der Waals surface area contributed by atoms with Crippen LogP contribution in [0.25, 0.3) is 0 Å². The third-order valence-corrected chi connectivity index (χ3v) is 2.84. The molecule has 114 valence electrons.